The van der Waals surface area contributed by atoms with Crippen LogP contribution in [0.15, 0.2) is 181 Å². The molecule has 0 saturated heterocycles. The average Bonchev–Trinajstić information content (AvgIpc) is 3.70. The van der Waals surface area contributed by atoms with Crippen molar-refractivity contribution in [2.45, 2.75) is 0 Å². The molecule has 10 rings (SSSR count). The maximum atomic E-state index is 6.31. The number of furan rings is 1. The zero-order valence-corrected chi connectivity index (χ0v) is 26.5. The van der Waals surface area contributed by atoms with Gasteiger partial charge in [0.1, 0.15) is 5.58 Å². The van der Waals surface area contributed by atoms with Crippen LogP contribution >= 0.6 is 0 Å². The number of hydrogen-bond donors (Lipinski definition) is 0. The first kappa shape index (κ1) is 27.5. The molecule has 4 nitrogen and oxygen atoms in total. The van der Waals surface area contributed by atoms with Gasteiger partial charge in [-0.15, -0.1) is 0 Å². The molecule has 0 aliphatic carbocycles. The summed E-state index contributed by atoms with van der Waals surface area (Å²) in [5.74, 6) is 0. The number of hydrogen-bond acceptors (Lipinski definition) is 3. The van der Waals surface area contributed by atoms with Gasteiger partial charge < -0.3 is 13.9 Å². The van der Waals surface area contributed by atoms with E-state index in [2.05, 4.69) is 172 Å². The van der Waals surface area contributed by atoms with E-state index in [-0.39, 0.29) is 0 Å². The van der Waals surface area contributed by atoms with Crippen LogP contribution in [0.1, 0.15) is 0 Å². The molecule has 0 unspecified atom stereocenters. The predicted octanol–water partition coefficient (Wildman–Crippen LogP) is 12.4. The van der Waals surface area contributed by atoms with Crippen LogP contribution < -0.4 is 4.90 Å². The van der Waals surface area contributed by atoms with Crippen molar-refractivity contribution in [1.82, 2.24) is 9.55 Å². The molecular weight excluding hydrogens is 599 g/mol. The summed E-state index contributed by atoms with van der Waals surface area (Å²) in [4.78, 5) is 6.59. The number of pyridine rings is 1. The van der Waals surface area contributed by atoms with Crippen LogP contribution in [0.2, 0.25) is 0 Å². The molecule has 0 bridgehead atoms. The fourth-order valence-corrected chi connectivity index (χ4v) is 7.40. The maximum Gasteiger partial charge on any atom is 0.153 e. The normalized spacial score (nSPS) is 11.7. The van der Waals surface area contributed by atoms with Gasteiger partial charge in [-0.3, -0.25) is 4.98 Å². The lowest BCUT2D eigenvalue weighted by Crippen LogP contribution is -2.10. The molecule has 0 amide bonds. The molecule has 7 aromatic carbocycles. The van der Waals surface area contributed by atoms with Crippen LogP contribution in [-0.4, -0.2) is 9.55 Å². The minimum Gasteiger partial charge on any atom is -0.454 e. The quantitative estimate of drug-likeness (QED) is 0.190. The zero-order chi connectivity index (χ0) is 32.3. The van der Waals surface area contributed by atoms with E-state index >= 15 is 0 Å². The summed E-state index contributed by atoms with van der Waals surface area (Å²) < 4.78 is 8.71. The standard InChI is InChI=1S/C45H29N3O/c1-2-12-33(13-3-1)47(34-22-20-30(21-23-34)37-17-9-18-40-39-24-25-46-29-44(39)49-45(37)40)35-14-8-15-36(28-35)48-42-19-7-6-16-38(42)41-26-31-10-4-5-11-32(31)27-43(41)48/h1-29H. The first-order chi connectivity index (χ1) is 24.3. The second-order valence-electron chi connectivity index (χ2n) is 12.5. The molecule has 0 aliphatic heterocycles. The molecule has 0 radical (unpaired) electrons. The van der Waals surface area contributed by atoms with Gasteiger partial charge in [-0.25, -0.2) is 0 Å². The lowest BCUT2D eigenvalue weighted by atomic mass is 10.0. The molecule has 49 heavy (non-hydrogen) atoms. The van der Waals surface area contributed by atoms with Crippen LogP contribution in [0.25, 0.3) is 71.3 Å². The Morgan fingerprint density at radius 2 is 1.20 bits per heavy atom. The fourth-order valence-electron chi connectivity index (χ4n) is 7.40. The van der Waals surface area contributed by atoms with E-state index in [9.17, 15) is 0 Å². The largest absolute Gasteiger partial charge is 0.454 e. The molecule has 0 saturated carbocycles. The highest BCUT2D eigenvalue weighted by Gasteiger charge is 2.18. The van der Waals surface area contributed by atoms with E-state index in [1.165, 1.54) is 32.6 Å². The van der Waals surface area contributed by atoms with Crippen molar-refractivity contribution in [2.75, 3.05) is 4.90 Å². The third kappa shape index (κ3) is 4.42. The van der Waals surface area contributed by atoms with E-state index in [4.69, 9.17) is 4.42 Å². The number of nitrogens with zero attached hydrogens (tertiary/aromatic N) is 3. The Bertz CT molecular complexity index is 2830. The van der Waals surface area contributed by atoms with Crippen LogP contribution in [0.3, 0.4) is 0 Å². The van der Waals surface area contributed by atoms with Gasteiger partial charge in [0.05, 0.1) is 17.2 Å². The molecule has 0 N–H and O–H groups in total. The first-order valence-electron chi connectivity index (χ1n) is 16.5. The maximum absolute atomic E-state index is 6.31. The third-order valence-electron chi connectivity index (χ3n) is 9.64. The fraction of sp³-hybridized carbons (Fsp3) is 0. The summed E-state index contributed by atoms with van der Waals surface area (Å²) in [6.07, 6.45) is 3.60. The Hall–Kier alpha value is -6.65. The van der Waals surface area contributed by atoms with Gasteiger partial charge in [0, 0.05) is 56.1 Å². The van der Waals surface area contributed by atoms with Gasteiger partial charge in [0.15, 0.2) is 5.58 Å². The van der Waals surface area contributed by atoms with Crippen LogP contribution in [0.4, 0.5) is 17.1 Å². The Balaban J connectivity index is 1.12. The Kier molecular flexibility index (Phi) is 6.15. The van der Waals surface area contributed by atoms with Crippen molar-refractivity contribution in [3.8, 4) is 16.8 Å². The van der Waals surface area contributed by atoms with Gasteiger partial charge in [-0.1, -0.05) is 97.1 Å². The molecule has 4 heteroatoms. The second kappa shape index (κ2) is 11.0. The molecular formula is C45H29N3O. The van der Waals surface area contributed by atoms with Gasteiger partial charge in [0.25, 0.3) is 0 Å². The third-order valence-corrected chi connectivity index (χ3v) is 9.64. The highest BCUT2D eigenvalue weighted by molar-refractivity contribution is 6.14. The Morgan fingerprint density at radius 1 is 0.490 bits per heavy atom. The molecule has 0 fully saturated rings. The number of aromatic nitrogens is 2. The van der Waals surface area contributed by atoms with E-state index in [1.54, 1.807) is 6.20 Å². The van der Waals surface area contributed by atoms with Gasteiger partial charge in [-0.2, -0.15) is 0 Å². The van der Waals surface area contributed by atoms with Crippen LogP contribution in [-0.2, 0) is 0 Å². The highest BCUT2D eigenvalue weighted by atomic mass is 16.3. The van der Waals surface area contributed by atoms with Crippen molar-refractivity contribution >= 4 is 71.6 Å². The van der Waals surface area contributed by atoms with Gasteiger partial charge in [-0.05, 0) is 83.1 Å². The first-order valence-corrected chi connectivity index (χ1v) is 16.5. The van der Waals surface area contributed by atoms with Crippen LogP contribution in [0.5, 0.6) is 0 Å². The molecule has 0 atom stereocenters. The molecule has 230 valence electrons. The minimum atomic E-state index is 0.799. The molecule has 3 aromatic heterocycles. The SMILES string of the molecule is c1ccc(N(c2ccc(-c3cccc4c3oc3cnccc34)cc2)c2cccc(-n3c4ccccc4c4cc5ccccc5cc43)c2)cc1. The molecule has 0 spiro atoms. The number of para-hydroxylation sites is 3. The summed E-state index contributed by atoms with van der Waals surface area (Å²) in [5, 5.41) is 7.16. The summed E-state index contributed by atoms with van der Waals surface area (Å²) >= 11 is 0. The number of benzene rings is 7. The van der Waals surface area contributed by atoms with E-state index < -0.39 is 0 Å². The summed E-state index contributed by atoms with van der Waals surface area (Å²) in [5.41, 5.74) is 10.6. The van der Waals surface area contributed by atoms with E-state index in [0.717, 1.165) is 55.8 Å². The molecule has 10 aromatic rings. The Morgan fingerprint density at radius 3 is 2.08 bits per heavy atom. The number of anilines is 3. The number of fused-ring (bicyclic) bond motifs is 7. The van der Waals surface area contributed by atoms with E-state index in [1.807, 2.05) is 12.3 Å². The zero-order valence-electron chi connectivity index (χ0n) is 26.5. The summed E-state index contributed by atoms with van der Waals surface area (Å²) in [6.45, 7) is 0. The summed E-state index contributed by atoms with van der Waals surface area (Å²) in [7, 11) is 0. The molecule has 0 aliphatic rings. The average molecular weight is 628 g/mol. The predicted molar refractivity (Wildman–Crippen MR) is 203 cm³/mol. The van der Waals surface area contributed by atoms with Crippen molar-refractivity contribution in [2.24, 2.45) is 0 Å². The van der Waals surface area contributed by atoms with E-state index in [0.29, 0.717) is 0 Å². The van der Waals surface area contributed by atoms with Gasteiger partial charge >= 0.3 is 0 Å². The smallest absolute Gasteiger partial charge is 0.153 e. The van der Waals surface area contributed by atoms with Crippen molar-refractivity contribution in [1.29, 1.82) is 0 Å². The number of rotatable bonds is 5. The van der Waals surface area contributed by atoms with Crippen LogP contribution in [0, 0.1) is 0 Å². The second-order valence-corrected chi connectivity index (χ2v) is 12.5. The lowest BCUT2D eigenvalue weighted by Gasteiger charge is -2.26. The van der Waals surface area contributed by atoms with Crippen molar-refractivity contribution < 1.29 is 4.42 Å². The monoisotopic (exact) mass is 627 g/mol. The van der Waals surface area contributed by atoms with Crippen molar-refractivity contribution in [3.63, 3.8) is 0 Å². The summed E-state index contributed by atoms with van der Waals surface area (Å²) in [6, 6.07) is 58.5. The topological polar surface area (TPSA) is 34.2 Å². The lowest BCUT2D eigenvalue weighted by molar-refractivity contribution is 0.668. The van der Waals surface area contributed by atoms with Crippen molar-refractivity contribution in [3.05, 3.63) is 176 Å². The Labute approximate surface area is 282 Å². The van der Waals surface area contributed by atoms with Gasteiger partial charge in [0.2, 0.25) is 0 Å². The molecule has 3 heterocycles. The minimum absolute atomic E-state index is 0.799. The highest BCUT2D eigenvalue weighted by Crippen LogP contribution is 2.40.